The van der Waals surface area contributed by atoms with Gasteiger partial charge in [0.25, 0.3) is 0 Å². The lowest BCUT2D eigenvalue weighted by atomic mass is 10.1. The number of carbonyl (C=O) groups is 1. The van der Waals surface area contributed by atoms with E-state index < -0.39 is 0 Å². The van der Waals surface area contributed by atoms with Crippen molar-refractivity contribution in [2.45, 2.75) is 25.8 Å². The van der Waals surface area contributed by atoms with E-state index in [1.807, 2.05) is 13.0 Å². The van der Waals surface area contributed by atoms with Crippen molar-refractivity contribution in [1.29, 1.82) is 0 Å². The van der Waals surface area contributed by atoms with E-state index >= 15 is 0 Å². The minimum absolute atomic E-state index is 0.0864. The van der Waals surface area contributed by atoms with Crippen LogP contribution in [0.1, 0.15) is 18.9 Å². The molecule has 0 aromatic heterocycles. The van der Waals surface area contributed by atoms with Gasteiger partial charge in [-0.15, -0.1) is 6.58 Å². The summed E-state index contributed by atoms with van der Waals surface area (Å²) in [5.74, 6) is 0.247. The number of hydrogen-bond acceptors (Lipinski definition) is 2. The van der Waals surface area contributed by atoms with Crippen molar-refractivity contribution in [2.75, 3.05) is 6.54 Å². The normalized spacial score (nSPS) is 11.6. The van der Waals surface area contributed by atoms with Crippen molar-refractivity contribution in [2.24, 2.45) is 0 Å². The van der Waals surface area contributed by atoms with Gasteiger partial charge in [-0.25, -0.2) is 4.79 Å². The Morgan fingerprint density at radius 2 is 2.33 bits per heavy atom. The second kappa shape index (κ2) is 7.37. The molecule has 4 heteroatoms. The zero-order valence-corrected chi connectivity index (χ0v) is 10.6. The molecule has 0 unspecified atom stereocenters. The molecule has 0 saturated heterocycles. The largest absolute Gasteiger partial charge is 0.508 e. The van der Waals surface area contributed by atoms with Gasteiger partial charge in [0.15, 0.2) is 0 Å². The monoisotopic (exact) mass is 248 g/mol. The topological polar surface area (TPSA) is 61.4 Å². The van der Waals surface area contributed by atoms with Crippen molar-refractivity contribution in [3.05, 3.63) is 42.5 Å². The van der Waals surface area contributed by atoms with Gasteiger partial charge in [-0.1, -0.05) is 18.2 Å². The van der Waals surface area contributed by atoms with Crippen LogP contribution >= 0.6 is 0 Å². The summed E-state index contributed by atoms with van der Waals surface area (Å²) in [4.78, 5) is 11.5. The predicted molar refractivity (Wildman–Crippen MR) is 72.6 cm³/mol. The summed E-state index contributed by atoms with van der Waals surface area (Å²) in [5, 5.41) is 14.9. The summed E-state index contributed by atoms with van der Waals surface area (Å²) in [6.07, 6.45) is 3.22. The van der Waals surface area contributed by atoms with E-state index in [1.54, 1.807) is 24.3 Å². The van der Waals surface area contributed by atoms with Crippen LogP contribution in [0.4, 0.5) is 4.79 Å². The van der Waals surface area contributed by atoms with Crippen LogP contribution < -0.4 is 10.6 Å². The molecule has 0 radical (unpaired) electrons. The number of aromatic hydroxyl groups is 1. The highest BCUT2D eigenvalue weighted by Crippen LogP contribution is 2.10. The van der Waals surface area contributed by atoms with Crippen molar-refractivity contribution < 1.29 is 9.90 Å². The average molecular weight is 248 g/mol. The van der Waals surface area contributed by atoms with Crippen LogP contribution in [-0.4, -0.2) is 23.7 Å². The number of hydrogen-bond donors (Lipinski definition) is 3. The first-order valence-electron chi connectivity index (χ1n) is 6.05. The van der Waals surface area contributed by atoms with E-state index in [-0.39, 0.29) is 17.8 Å². The molecule has 2 amide bonds. The van der Waals surface area contributed by atoms with Crippen LogP contribution in [0, 0.1) is 0 Å². The molecule has 3 N–H and O–H groups in total. The Morgan fingerprint density at radius 3 is 3.00 bits per heavy atom. The number of phenols is 1. The zero-order valence-electron chi connectivity index (χ0n) is 10.6. The van der Waals surface area contributed by atoms with E-state index in [2.05, 4.69) is 17.2 Å². The van der Waals surface area contributed by atoms with Crippen LogP contribution in [0.5, 0.6) is 5.75 Å². The lowest BCUT2D eigenvalue weighted by Crippen LogP contribution is -2.41. The zero-order chi connectivity index (χ0) is 13.4. The molecule has 0 aliphatic heterocycles. The van der Waals surface area contributed by atoms with Gasteiger partial charge < -0.3 is 15.7 Å². The molecule has 1 atom stereocenters. The summed E-state index contributed by atoms with van der Waals surface area (Å²) < 4.78 is 0. The highest BCUT2D eigenvalue weighted by molar-refractivity contribution is 5.74. The van der Waals surface area contributed by atoms with Gasteiger partial charge in [-0.2, -0.15) is 0 Å². The third-order valence-electron chi connectivity index (χ3n) is 2.51. The fourth-order valence-corrected chi connectivity index (χ4v) is 1.62. The lowest BCUT2D eigenvalue weighted by molar-refractivity contribution is 0.238. The molecular weight excluding hydrogens is 228 g/mol. The van der Waals surface area contributed by atoms with Crippen molar-refractivity contribution in [3.63, 3.8) is 0 Å². The maximum absolute atomic E-state index is 11.5. The number of rotatable bonds is 6. The molecule has 0 bridgehead atoms. The van der Waals surface area contributed by atoms with Crippen LogP contribution in [0.3, 0.4) is 0 Å². The SMILES string of the molecule is C=CC[C@@H](C)NC(=O)NCCc1cccc(O)c1. The molecule has 4 nitrogen and oxygen atoms in total. The number of phenolic OH excluding ortho intramolecular Hbond substituents is 1. The standard InChI is InChI=1S/C14H20N2O2/c1-3-5-11(2)16-14(18)15-9-8-12-6-4-7-13(17)10-12/h3-4,6-7,10-11,17H,1,5,8-9H2,2H3,(H2,15,16,18)/t11-/m1/s1. The Labute approximate surface area is 108 Å². The van der Waals surface area contributed by atoms with E-state index in [1.165, 1.54) is 0 Å². The Bertz CT molecular complexity index is 405. The molecular formula is C14H20N2O2. The van der Waals surface area contributed by atoms with Crippen molar-refractivity contribution in [1.82, 2.24) is 10.6 Å². The maximum atomic E-state index is 11.5. The fourth-order valence-electron chi connectivity index (χ4n) is 1.62. The second-order valence-electron chi connectivity index (χ2n) is 4.25. The Kier molecular flexibility index (Phi) is 5.77. The van der Waals surface area contributed by atoms with Gasteiger partial charge in [0.05, 0.1) is 0 Å². The first-order valence-corrected chi connectivity index (χ1v) is 6.05. The lowest BCUT2D eigenvalue weighted by Gasteiger charge is -2.12. The van der Waals surface area contributed by atoms with E-state index in [9.17, 15) is 9.90 Å². The minimum atomic E-state index is -0.176. The van der Waals surface area contributed by atoms with Crippen molar-refractivity contribution >= 4 is 6.03 Å². The van der Waals surface area contributed by atoms with Gasteiger partial charge >= 0.3 is 6.03 Å². The highest BCUT2D eigenvalue weighted by Gasteiger charge is 2.04. The number of nitrogens with one attached hydrogen (secondary N) is 2. The Morgan fingerprint density at radius 1 is 1.56 bits per heavy atom. The Hall–Kier alpha value is -1.97. The molecule has 0 aliphatic rings. The van der Waals surface area contributed by atoms with Crippen LogP contribution in [-0.2, 0) is 6.42 Å². The molecule has 1 aromatic carbocycles. The summed E-state index contributed by atoms with van der Waals surface area (Å²) in [6.45, 7) is 6.09. The molecule has 0 saturated carbocycles. The van der Waals surface area contributed by atoms with Crippen LogP contribution in [0.2, 0.25) is 0 Å². The highest BCUT2D eigenvalue weighted by atomic mass is 16.3. The number of amides is 2. The third kappa shape index (κ3) is 5.39. The van der Waals surface area contributed by atoms with Crippen molar-refractivity contribution in [3.8, 4) is 5.75 Å². The van der Waals surface area contributed by atoms with E-state index in [4.69, 9.17) is 0 Å². The molecule has 1 rings (SSSR count). The molecule has 18 heavy (non-hydrogen) atoms. The average Bonchev–Trinajstić information content (AvgIpc) is 2.29. The Balaban J connectivity index is 2.25. The third-order valence-corrected chi connectivity index (χ3v) is 2.51. The van der Waals surface area contributed by atoms with Gasteiger partial charge in [0.2, 0.25) is 0 Å². The quantitative estimate of drug-likeness (QED) is 0.676. The van der Waals surface area contributed by atoms with Gasteiger partial charge in [0.1, 0.15) is 5.75 Å². The van der Waals surface area contributed by atoms with E-state index in [0.717, 1.165) is 12.0 Å². The van der Waals surface area contributed by atoms with Crippen LogP contribution in [0.15, 0.2) is 36.9 Å². The smallest absolute Gasteiger partial charge is 0.315 e. The van der Waals surface area contributed by atoms with Gasteiger partial charge in [-0.05, 0) is 37.5 Å². The fraction of sp³-hybridized carbons (Fsp3) is 0.357. The number of urea groups is 1. The minimum Gasteiger partial charge on any atom is -0.508 e. The first-order chi connectivity index (χ1) is 8.61. The molecule has 0 aliphatic carbocycles. The van der Waals surface area contributed by atoms with Gasteiger partial charge in [0, 0.05) is 12.6 Å². The number of benzene rings is 1. The number of carbonyl (C=O) groups excluding carboxylic acids is 1. The molecule has 0 heterocycles. The maximum Gasteiger partial charge on any atom is 0.315 e. The summed E-state index contributed by atoms with van der Waals surface area (Å²) in [6, 6.07) is 6.93. The van der Waals surface area contributed by atoms with Crippen LogP contribution in [0.25, 0.3) is 0 Å². The summed E-state index contributed by atoms with van der Waals surface area (Å²) >= 11 is 0. The van der Waals surface area contributed by atoms with Gasteiger partial charge in [-0.3, -0.25) is 0 Å². The molecule has 98 valence electrons. The first kappa shape index (κ1) is 14.1. The molecule has 0 spiro atoms. The van der Waals surface area contributed by atoms with E-state index in [0.29, 0.717) is 13.0 Å². The molecule has 1 aromatic rings. The molecule has 0 fully saturated rings. The predicted octanol–water partition coefficient (Wildman–Crippen LogP) is 2.20. The summed E-state index contributed by atoms with van der Waals surface area (Å²) in [5.41, 5.74) is 0.995. The second-order valence-corrected chi connectivity index (χ2v) is 4.25. The summed E-state index contributed by atoms with van der Waals surface area (Å²) in [7, 11) is 0.